The molecule has 25 heavy (non-hydrogen) atoms. The number of aromatic nitrogens is 3. The number of fused-ring (bicyclic) bond motifs is 5. The molecule has 0 bridgehead atoms. The molecule has 1 amide bonds. The molecule has 1 aliphatic carbocycles. The van der Waals surface area contributed by atoms with E-state index in [2.05, 4.69) is 20.1 Å². The molecule has 1 N–H and O–H groups in total. The van der Waals surface area contributed by atoms with Gasteiger partial charge in [-0.2, -0.15) is 0 Å². The zero-order valence-corrected chi connectivity index (χ0v) is 15.1. The zero-order chi connectivity index (χ0) is 17.0. The molecule has 0 spiro atoms. The molecule has 1 atom stereocenters. The molecule has 2 aromatic heterocycles. The molecule has 2 aliphatic heterocycles. The molecule has 8 heteroatoms. The third kappa shape index (κ3) is 2.43. The molecule has 1 fully saturated rings. The van der Waals surface area contributed by atoms with E-state index < -0.39 is 0 Å². The number of thiophene rings is 1. The van der Waals surface area contributed by atoms with Gasteiger partial charge in [0.15, 0.2) is 5.82 Å². The van der Waals surface area contributed by atoms with Crippen molar-refractivity contribution in [3.8, 4) is 5.00 Å². The van der Waals surface area contributed by atoms with Crippen LogP contribution in [0, 0.1) is 12.8 Å². The highest BCUT2D eigenvalue weighted by Gasteiger charge is 2.36. The first-order chi connectivity index (χ1) is 12.2. The van der Waals surface area contributed by atoms with E-state index >= 15 is 0 Å². The number of amides is 1. The van der Waals surface area contributed by atoms with Gasteiger partial charge in [-0.15, -0.1) is 21.5 Å². The minimum atomic E-state index is 0.0920. The summed E-state index contributed by atoms with van der Waals surface area (Å²) in [5.74, 6) is 2.29. The molecule has 1 saturated heterocycles. The molecule has 2 aromatic rings. The number of nitrogens with zero attached hydrogens (tertiary/aromatic N) is 4. The van der Waals surface area contributed by atoms with Crippen LogP contribution >= 0.6 is 11.3 Å². The van der Waals surface area contributed by atoms with E-state index in [-0.39, 0.29) is 5.92 Å². The van der Waals surface area contributed by atoms with Gasteiger partial charge in [-0.1, -0.05) is 0 Å². The van der Waals surface area contributed by atoms with Gasteiger partial charge in [0.25, 0.3) is 0 Å². The van der Waals surface area contributed by atoms with E-state index in [1.54, 1.807) is 0 Å². The monoisotopic (exact) mass is 359 g/mol. The van der Waals surface area contributed by atoms with Crippen LogP contribution in [0.1, 0.15) is 27.7 Å². The van der Waals surface area contributed by atoms with E-state index in [1.807, 2.05) is 23.2 Å². The van der Waals surface area contributed by atoms with Crippen LogP contribution in [0.3, 0.4) is 0 Å². The molecule has 5 rings (SSSR count). The summed E-state index contributed by atoms with van der Waals surface area (Å²) in [6.07, 6.45) is 1.72. The fourth-order valence-corrected chi connectivity index (χ4v) is 5.64. The number of aryl methyl sites for hydroxylation is 1. The number of hydrogen-bond acceptors (Lipinski definition) is 6. The second-order valence-electron chi connectivity index (χ2n) is 6.93. The molecule has 7 nitrogen and oxygen atoms in total. The van der Waals surface area contributed by atoms with Crippen LogP contribution in [0.4, 0.5) is 0 Å². The first kappa shape index (κ1) is 15.5. The summed E-state index contributed by atoms with van der Waals surface area (Å²) in [4.78, 5) is 16.2. The number of morpholine rings is 1. The molecule has 132 valence electrons. The second-order valence-corrected chi connectivity index (χ2v) is 8.02. The zero-order valence-electron chi connectivity index (χ0n) is 14.2. The average Bonchev–Trinajstić information content (AvgIpc) is 3.25. The van der Waals surface area contributed by atoms with Crippen molar-refractivity contribution in [3.05, 3.63) is 27.7 Å². The summed E-state index contributed by atoms with van der Waals surface area (Å²) in [7, 11) is 0. The van der Waals surface area contributed by atoms with Gasteiger partial charge in [-0.3, -0.25) is 9.36 Å². The van der Waals surface area contributed by atoms with E-state index in [0.717, 1.165) is 50.7 Å². The Kier molecular flexibility index (Phi) is 3.65. The van der Waals surface area contributed by atoms with E-state index in [9.17, 15) is 4.79 Å². The Labute approximate surface area is 150 Å². The number of rotatable bonds is 1. The number of ether oxygens (including phenoxy) is 1. The van der Waals surface area contributed by atoms with Crippen molar-refractivity contribution in [2.24, 2.45) is 5.92 Å². The van der Waals surface area contributed by atoms with E-state index in [0.29, 0.717) is 19.1 Å². The summed E-state index contributed by atoms with van der Waals surface area (Å²) in [6, 6.07) is 0. The predicted molar refractivity (Wildman–Crippen MR) is 92.8 cm³/mol. The van der Waals surface area contributed by atoms with Crippen LogP contribution in [0.25, 0.3) is 5.00 Å². The fraction of sp³-hybridized carbons (Fsp3) is 0.588. The van der Waals surface area contributed by atoms with E-state index in [1.165, 1.54) is 21.0 Å². The van der Waals surface area contributed by atoms with Gasteiger partial charge in [-0.25, -0.2) is 0 Å². The molecule has 0 aromatic carbocycles. The van der Waals surface area contributed by atoms with Gasteiger partial charge in [-0.05, 0) is 25.3 Å². The maximum absolute atomic E-state index is 12.8. The van der Waals surface area contributed by atoms with Crippen molar-refractivity contribution in [1.29, 1.82) is 0 Å². The Hall–Kier alpha value is -1.77. The summed E-state index contributed by atoms with van der Waals surface area (Å²) in [5.41, 5.74) is 2.71. The van der Waals surface area contributed by atoms with Crippen LogP contribution in [0.5, 0.6) is 0 Å². The van der Waals surface area contributed by atoms with Gasteiger partial charge in [0.1, 0.15) is 10.8 Å². The predicted octanol–water partition coefficient (Wildman–Crippen LogP) is 0.814. The lowest BCUT2D eigenvalue weighted by Gasteiger charge is -2.29. The molecule has 3 aliphatic rings. The van der Waals surface area contributed by atoms with E-state index in [4.69, 9.17) is 4.74 Å². The normalized spacial score (nSPS) is 22.3. The Bertz CT molecular complexity index is 836. The van der Waals surface area contributed by atoms with Gasteiger partial charge >= 0.3 is 0 Å². The largest absolute Gasteiger partial charge is 0.378 e. The smallest absolute Gasteiger partial charge is 0.226 e. The maximum Gasteiger partial charge on any atom is 0.226 e. The number of carbonyl (C=O) groups is 1. The first-order valence-electron chi connectivity index (χ1n) is 8.84. The summed E-state index contributed by atoms with van der Waals surface area (Å²) in [5, 5.41) is 13.2. The molecular formula is C17H21N5O2S. The Morgan fingerprint density at radius 3 is 2.88 bits per heavy atom. The average molecular weight is 359 g/mol. The molecule has 0 unspecified atom stereocenters. The first-order valence-corrected chi connectivity index (χ1v) is 9.66. The van der Waals surface area contributed by atoms with Crippen molar-refractivity contribution in [2.75, 3.05) is 26.3 Å². The Morgan fingerprint density at radius 1 is 1.20 bits per heavy atom. The highest BCUT2D eigenvalue weighted by Crippen LogP contribution is 2.41. The lowest BCUT2D eigenvalue weighted by molar-refractivity contribution is -0.139. The third-order valence-electron chi connectivity index (χ3n) is 5.41. The minimum Gasteiger partial charge on any atom is -0.378 e. The number of carbonyl (C=O) groups excluding carboxylic acids is 1. The van der Waals surface area contributed by atoms with Crippen LogP contribution in [-0.2, 0) is 35.5 Å². The van der Waals surface area contributed by atoms with Crippen molar-refractivity contribution in [1.82, 2.24) is 25.0 Å². The van der Waals surface area contributed by atoms with Crippen molar-refractivity contribution < 1.29 is 9.53 Å². The lowest BCUT2D eigenvalue weighted by Crippen LogP contribution is -2.44. The SMILES string of the molecule is Cc1nnc2n1-c1sc3c(c1CNC2)C[C@@H](C(=O)N1CCOCC1)C3. The van der Waals surface area contributed by atoms with Crippen LogP contribution < -0.4 is 5.32 Å². The van der Waals surface area contributed by atoms with Crippen molar-refractivity contribution in [2.45, 2.75) is 32.9 Å². The van der Waals surface area contributed by atoms with Crippen LogP contribution in [0.15, 0.2) is 0 Å². The summed E-state index contributed by atoms with van der Waals surface area (Å²) in [6.45, 7) is 6.35. The van der Waals surface area contributed by atoms with Gasteiger partial charge in [0.05, 0.1) is 19.8 Å². The highest BCUT2D eigenvalue weighted by atomic mass is 32.1. The molecule has 4 heterocycles. The van der Waals surface area contributed by atoms with Crippen molar-refractivity contribution in [3.63, 3.8) is 0 Å². The lowest BCUT2D eigenvalue weighted by atomic mass is 10.0. The maximum atomic E-state index is 12.8. The Morgan fingerprint density at radius 2 is 2.04 bits per heavy atom. The Balaban J connectivity index is 1.44. The quantitative estimate of drug-likeness (QED) is 0.816. The van der Waals surface area contributed by atoms with Crippen molar-refractivity contribution >= 4 is 17.2 Å². The van der Waals surface area contributed by atoms with Crippen LogP contribution in [-0.4, -0.2) is 51.9 Å². The van der Waals surface area contributed by atoms with Gasteiger partial charge in [0, 0.05) is 36.0 Å². The third-order valence-corrected chi connectivity index (χ3v) is 6.69. The van der Waals surface area contributed by atoms with Gasteiger partial charge < -0.3 is 15.0 Å². The van der Waals surface area contributed by atoms with Crippen LogP contribution in [0.2, 0.25) is 0 Å². The standard InChI is InChI=1S/C17H21N5O2S/c1-10-19-20-15-9-18-8-13-12-6-11(7-14(12)25-17(13)22(10)15)16(23)21-2-4-24-5-3-21/h11,18H,2-9H2,1H3/t11-/m1/s1. The molecule has 0 radical (unpaired) electrons. The second kappa shape index (κ2) is 5.89. The number of nitrogens with one attached hydrogen (secondary N) is 1. The highest BCUT2D eigenvalue weighted by molar-refractivity contribution is 7.15. The molecular weight excluding hydrogens is 338 g/mol. The topological polar surface area (TPSA) is 72.3 Å². The molecule has 0 saturated carbocycles. The summed E-state index contributed by atoms with van der Waals surface area (Å²) >= 11 is 1.81. The van der Waals surface area contributed by atoms with Gasteiger partial charge in [0.2, 0.25) is 5.91 Å². The minimum absolute atomic E-state index is 0.0920. The number of hydrogen-bond donors (Lipinski definition) is 1. The fourth-order valence-electron chi connectivity index (χ4n) is 4.15. The summed E-state index contributed by atoms with van der Waals surface area (Å²) < 4.78 is 7.55.